The van der Waals surface area contributed by atoms with Crippen molar-refractivity contribution in [3.05, 3.63) is 60.2 Å². The van der Waals surface area contributed by atoms with Gasteiger partial charge < -0.3 is 25.0 Å². The topological polar surface area (TPSA) is 71.0 Å². The lowest BCUT2D eigenvalue weighted by molar-refractivity contribution is 0.0438. The van der Waals surface area contributed by atoms with E-state index in [-0.39, 0.29) is 5.41 Å². The van der Waals surface area contributed by atoms with Crippen molar-refractivity contribution in [2.24, 2.45) is 5.41 Å². The first-order chi connectivity index (χ1) is 12.6. The molecule has 140 valence electrons. The van der Waals surface area contributed by atoms with Crippen LogP contribution in [0.3, 0.4) is 0 Å². The van der Waals surface area contributed by atoms with E-state index in [1.807, 2.05) is 54.6 Å². The van der Waals surface area contributed by atoms with E-state index in [4.69, 9.17) is 9.47 Å². The smallest absolute Gasteiger partial charge is 0.119 e. The molecule has 1 aliphatic rings. The molecule has 1 fully saturated rings. The highest BCUT2D eigenvalue weighted by Gasteiger charge is 2.44. The van der Waals surface area contributed by atoms with E-state index in [1.54, 1.807) is 7.11 Å². The predicted molar refractivity (Wildman–Crippen MR) is 100 cm³/mol. The molecule has 0 radical (unpaired) electrons. The number of aliphatic hydroxyl groups is 2. The molecule has 0 aromatic heterocycles. The number of nitrogens with one attached hydrogen (secondary N) is 1. The average Bonchev–Trinajstić information content (AvgIpc) is 2.95. The Bertz CT molecular complexity index is 681. The SMILES string of the molecule is COc1cccc(CNCC2(COc3ccccc3)CC(O)C(O)C2)c1. The van der Waals surface area contributed by atoms with Crippen LogP contribution in [0.5, 0.6) is 11.5 Å². The zero-order valence-electron chi connectivity index (χ0n) is 15.1. The summed E-state index contributed by atoms with van der Waals surface area (Å²) in [6.45, 7) is 1.80. The molecule has 0 saturated heterocycles. The van der Waals surface area contributed by atoms with Crippen LogP contribution < -0.4 is 14.8 Å². The van der Waals surface area contributed by atoms with E-state index in [9.17, 15) is 10.2 Å². The van der Waals surface area contributed by atoms with Gasteiger partial charge in [0, 0.05) is 18.5 Å². The molecule has 3 N–H and O–H groups in total. The molecular formula is C21H27NO4. The number of rotatable bonds is 8. The van der Waals surface area contributed by atoms with Crippen molar-refractivity contribution in [3.8, 4) is 11.5 Å². The Kier molecular flexibility index (Phi) is 6.14. The minimum Gasteiger partial charge on any atom is -0.497 e. The maximum absolute atomic E-state index is 10.1. The van der Waals surface area contributed by atoms with Crippen LogP contribution in [0, 0.1) is 5.41 Å². The second-order valence-corrected chi connectivity index (χ2v) is 7.10. The molecule has 2 unspecified atom stereocenters. The lowest BCUT2D eigenvalue weighted by Gasteiger charge is -2.29. The van der Waals surface area contributed by atoms with Gasteiger partial charge in [0.2, 0.25) is 0 Å². The molecule has 3 rings (SSSR count). The minimum absolute atomic E-state index is 0.298. The molecule has 5 heteroatoms. The zero-order chi connectivity index (χ0) is 18.4. The molecule has 0 amide bonds. The van der Waals surface area contributed by atoms with Crippen LogP contribution in [-0.4, -0.2) is 42.7 Å². The second-order valence-electron chi connectivity index (χ2n) is 7.10. The van der Waals surface area contributed by atoms with Gasteiger partial charge in [-0.2, -0.15) is 0 Å². The van der Waals surface area contributed by atoms with E-state index in [2.05, 4.69) is 5.32 Å². The quantitative estimate of drug-likeness (QED) is 0.677. The third kappa shape index (κ3) is 4.75. The van der Waals surface area contributed by atoms with Gasteiger partial charge in [-0.3, -0.25) is 0 Å². The third-order valence-corrected chi connectivity index (χ3v) is 4.98. The molecular weight excluding hydrogens is 330 g/mol. The fourth-order valence-corrected chi connectivity index (χ4v) is 3.56. The van der Waals surface area contributed by atoms with Crippen LogP contribution in [0.2, 0.25) is 0 Å². The number of benzene rings is 2. The first kappa shape index (κ1) is 18.7. The number of para-hydroxylation sites is 1. The fraction of sp³-hybridized carbons (Fsp3) is 0.429. The van der Waals surface area contributed by atoms with Crippen molar-refractivity contribution in [2.75, 3.05) is 20.3 Å². The largest absolute Gasteiger partial charge is 0.497 e. The summed E-state index contributed by atoms with van der Waals surface area (Å²) in [7, 11) is 1.66. The van der Waals surface area contributed by atoms with Crippen molar-refractivity contribution in [1.82, 2.24) is 5.32 Å². The van der Waals surface area contributed by atoms with Crippen molar-refractivity contribution in [1.29, 1.82) is 0 Å². The number of hydrogen-bond acceptors (Lipinski definition) is 5. The molecule has 2 aromatic carbocycles. The van der Waals surface area contributed by atoms with Crippen molar-refractivity contribution < 1.29 is 19.7 Å². The van der Waals surface area contributed by atoms with Gasteiger partial charge in [-0.1, -0.05) is 30.3 Å². The van der Waals surface area contributed by atoms with E-state index in [0.717, 1.165) is 17.1 Å². The van der Waals surface area contributed by atoms with Gasteiger partial charge >= 0.3 is 0 Å². The number of hydrogen-bond donors (Lipinski definition) is 3. The molecule has 26 heavy (non-hydrogen) atoms. The van der Waals surface area contributed by atoms with Crippen molar-refractivity contribution in [2.45, 2.75) is 31.6 Å². The molecule has 2 atom stereocenters. The van der Waals surface area contributed by atoms with Crippen LogP contribution in [0.4, 0.5) is 0 Å². The Morgan fingerprint density at radius 3 is 2.38 bits per heavy atom. The maximum atomic E-state index is 10.1. The van der Waals surface area contributed by atoms with E-state index >= 15 is 0 Å². The molecule has 0 heterocycles. The van der Waals surface area contributed by atoms with Crippen LogP contribution in [0.25, 0.3) is 0 Å². The van der Waals surface area contributed by atoms with Gasteiger partial charge in [-0.05, 0) is 42.7 Å². The summed E-state index contributed by atoms with van der Waals surface area (Å²) < 4.78 is 11.2. The van der Waals surface area contributed by atoms with Gasteiger partial charge in [0.25, 0.3) is 0 Å². The molecule has 0 spiro atoms. The van der Waals surface area contributed by atoms with E-state index in [0.29, 0.717) is 32.5 Å². The van der Waals surface area contributed by atoms with Crippen LogP contribution in [0.1, 0.15) is 18.4 Å². The highest BCUT2D eigenvalue weighted by atomic mass is 16.5. The zero-order valence-corrected chi connectivity index (χ0v) is 15.1. The molecule has 1 aliphatic carbocycles. The lowest BCUT2D eigenvalue weighted by atomic mass is 9.86. The molecule has 2 aromatic rings. The lowest BCUT2D eigenvalue weighted by Crippen LogP contribution is -2.37. The molecule has 0 aliphatic heterocycles. The minimum atomic E-state index is -0.701. The first-order valence-electron chi connectivity index (χ1n) is 8.98. The Balaban J connectivity index is 1.60. The van der Waals surface area contributed by atoms with Crippen LogP contribution in [-0.2, 0) is 6.54 Å². The Labute approximate surface area is 154 Å². The van der Waals surface area contributed by atoms with Gasteiger partial charge in [-0.25, -0.2) is 0 Å². The van der Waals surface area contributed by atoms with Crippen LogP contribution in [0.15, 0.2) is 54.6 Å². The number of ether oxygens (including phenoxy) is 2. The van der Waals surface area contributed by atoms with Gasteiger partial charge in [0.15, 0.2) is 0 Å². The van der Waals surface area contributed by atoms with E-state index in [1.165, 1.54) is 0 Å². The highest BCUT2D eigenvalue weighted by molar-refractivity contribution is 5.28. The van der Waals surface area contributed by atoms with Gasteiger partial charge in [0.1, 0.15) is 11.5 Å². The van der Waals surface area contributed by atoms with E-state index < -0.39 is 12.2 Å². The Morgan fingerprint density at radius 2 is 1.69 bits per heavy atom. The molecule has 1 saturated carbocycles. The normalized spacial score (nSPS) is 25.2. The summed E-state index contributed by atoms with van der Waals surface area (Å²) in [4.78, 5) is 0. The molecule has 5 nitrogen and oxygen atoms in total. The summed E-state index contributed by atoms with van der Waals surface area (Å²) in [5, 5.41) is 23.6. The average molecular weight is 357 g/mol. The number of aliphatic hydroxyl groups excluding tert-OH is 2. The summed E-state index contributed by atoms with van der Waals surface area (Å²) in [6, 6.07) is 17.6. The third-order valence-electron chi connectivity index (χ3n) is 4.98. The van der Waals surface area contributed by atoms with Crippen LogP contribution >= 0.6 is 0 Å². The van der Waals surface area contributed by atoms with Gasteiger partial charge in [0.05, 0.1) is 25.9 Å². The standard InChI is InChI=1S/C21H27NO4/c1-25-18-9-5-6-16(10-18)13-22-14-21(11-19(23)20(24)12-21)15-26-17-7-3-2-4-8-17/h2-10,19-20,22-24H,11-15H2,1H3. The first-order valence-corrected chi connectivity index (χ1v) is 8.98. The second kappa shape index (κ2) is 8.54. The fourth-order valence-electron chi connectivity index (χ4n) is 3.56. The van der Waals surface area contributed by atoms with Gasteiger partial charge in [-0.15, -0.1) is 0 Å². The Hall–Kier alpha value is -2.08. The predicted octanol–water partition coefficient (Wildman–Crippen LogP) is 2.37. The maximum Gasteiger partial charge on any atom is 0.119 e. The Morgan fingerprint density at radius 1 is 1.00 bits per heavy atom. The summed E-state index contributed by atoms with van der Waals surface area (Å²) in [5.74, 6) is 1.63. The highest BCUT2D eigenvalue weighted by Crippen LogP contribution is 2.38. The summed E-state index contributed by atoms with van der Waals surface area (Å²) in [5.41, 5.74) is 0.829. The monoisotopic (exact) mass is 357 g/mol. The summed E-state index contributed by atoms with van der Waals surface area (Å²) >= 11 is 0. The van der Waals surface area contributed by atoms with Crippen molar-refractivity contribution >= 4 is 0 Å². The van der Waals surface area contributed by atoms with Crippen molar-refractivity contribution in [3.63, 3.8) is 0 Å². The summed E-state index contributed by atoms with van der Waals surface area (Å²) in [6.07, 6.45) is -0.362. The molecule has 0 bridgehead atoms. The number of methoxy groups -OCH3 is 1.